The lowest BCUT2D eigenvalue weighted by atomic mass is 10.1. The second-order valence-corrected chi connectivity index (χ2v) is 7.14. The lowest BCUT2D eigenvalue weighted by Gasteiger charge is -2.34. The van der Waals surface area contributed by atoms with E-state index in [0.717, 1.165) is 13.0 Å². The number of nitrogens with zero attached hydrogens (tertiary/aromatic N) is 4. The molecule has 31 heavy (non-hydrogen) atoms. The molecule has 0 radical (unpaired) electrons. The molecule has 2 aromatic rings. The minimum Gasteiger partial charge on any atom is -0.340 e. The molecule has 0 aliphatic carbocycles. The molecule has 12 heteroatoms. The van der Waals surface area contributed by atoms with Gasteiger partial charge in [0.15, 0.2) is 0 Å². The summed E-state index contributed by atoms with van der Waals surface area (Å²) in [6.07, 6.45) is -3.43. The van der Waals surface area contributed by atoms with Crippen molar-refractivity contribution in [1.82, 2.24) is 20.0 Å². The van der Waals surface area contributed by atoms with Gasteiger partial charge in [-0.2, -0.15) is 23.5 Å². The highest BCUT2D eigenvalue weighted by atomic mass is 19.4. The maximum absolute atomic E-state index is 13.5. The summed E-state index contributed by atoms with van der Waals surface area (Å²) in [7, 11) is 0. The number of aromatic nitrogens is 2. The standard InChI is InChI=1S/C19H18F4N6O2/c1-10-8-29-16(14(7-25-29)17(30)26-11(2)19(21,22)23)9-28(10)18(31)27-13-3-4-15(20)12(5-13)6-24/h3-5,7,10-11H,8-9H2,1-2H3,(H,26,30)(H,27,31)/t10-,11-/m1/s1. The molecule has 0 saturated carbocycles. The maximum Gasteiger partial charge on any atom is 0.408 e. The Balaban J connectivity index is 1.78. The molecular formula is C19H18F4N6O2. The van der Waals surface area contributed by atoms with Gasteiger partial charge in [-0.15, -0.1) is 0 Å². The van der Waals surface area contributed by atoms with Gasteiger partial charge in [0.1, 0.15) is 17.9 Å². The van der Waals surface area contributed by atoms with Gasteiger partial charge in [0.2, 0.25) is 0 Å². The predicted molar refractivity (Wildman–Crippen MR) is 100 cm³/mol. The van der Waals surface area contributed by atoms with Crippen molar-refractivity contribution in [2.75, 3.05) is 5.32 Å². The van der Waals surface area contributed by atoms with Crippen molar-refractivity contribution in [2.45, 2.75) is 45.2 Å². The van der Waals surface area contributed by atoms with E-state index in [2.05, 4.69) is 10.4 Å². The fourth-order valence-electron chi connectivity index (χ4n) is 3.10. The van der Waals surface area contributed by atoms with Crippen LogP contribution < -0.4 is 10.6 Å². The Morgan fingerprint density at radius 2 is 2.06 bits per heavy atom. The number of halogens is 4. The molecule has 0 spiro atoms. The number of nitrogens with one attached hydrogen (secondary N) is 2. The number of anilines is 1. The quantitative estimate of drug-likeness (QED) is 0.719. The van der Waals surface area contributed by atoms with Gasteiger partial charge in [-0.3, -0.25) is 9.48 Å². The molecule has 0 unspecified atom stereocenters. The van der Waals surface area contributed by atoms with Crippen molar-refractivity contribution in [1.29, 1.82) is 5.26 Å². The predicted octanol–water partition coefficient (Wildman–Crippen LogP) is 3.01. The average molecular weight is 438 g/mol. The summed E-state index contributed by atoms with van der Waals surface area (Å²) in [6.45, 7) is 2.70. The summed E-state index contributed by atoms with van der Waals surface area (Å²) in [5.74, 6) is -1.67. The van der Waals surface area contributed by atoms with Crippen molar-refractivity contribution in [2.24, 2.45) is 0 Å². The van der Waals surface area contributed by atoms with Crippen LogP contribution in [0.25, 0.3) is 0 Å². The summed E-state index contributed by atoms with van der Waals surface area (Å²) < 4.78 is 53.2. The van der Waals surface area contributed by atoms with Gasteiger partial charge >= 0.3 is 12.2 Å². The number of amides is 3. The van der Waals surface area contributed by atoms with Crippen LogP contribution in [0.4, 0.5) is 28.0 Å². The summed E-state index contributed by atoms with van der Waals surface area (Å²) in [4.78, 5) is 26.5. The van der Waals surface area contributed by atoms with Crippen LogP contribution in [-0.2, 0) is 13.1 Å². The summed E-state index contributed by atoms with van der Waals surface area (Å²) in [6, 6.07) is 2.22. The Bertz CT molecular complexity index is 1060. The zero-order valence-corrected chi connectivity index (χ0v) is 16.5. The van der Waals surface area contributed by atoms with E-state index >= 15 is 0 Å². The number of carbonyl (C=O) groups excluding carboxylic acids is 2. The number of nitriles is 1. The lowest BCUT2D eigenvalue weighted by Crippen LogP contribution is -2.48. The Hall–Kier alpha value is -3.62. The van der Waals surface area contributed by atoms with Crippen LogP contribution >= 0.6 is 0 Å². The van der Waals surface area contributed by atoms with Crippen LogP contribution in [0.3, 0.4) is 0 Å². The summed E-state index contributed by atoms with van der Waals surface area (Å²) >= 11 is 0. The van der Waals surface area contributed by atoms with Gasteiger partial charge in [-0.25, -0.2) is 9.18 Å². The van der Waals surface area contributed by atoms with Crippen LogP contribution in [0.2, 0.25) is 0 Å². The van der Waals surface area contributed by atoms with E-state index in [1.807, 2.05) is 5.32 Å². The highest BCUT2D eigenvalue weighted by molar-refractivity contribution is 5.96. The SMILES string of the molecule is C[C@@H]1Cn2ncc(C(=O)N[C@H](C)C(F)(F)F)c2CN1C(=O)Nc1ccc(F)c(C#N)c1. The monoisotopic (exact) mass is 438 g/mol. The Kier molecular flexibility index (Phi) is 5.88. The molecule has 0 bridgehead atoms. The second kappa shape index (κ2) is 8.25. The van der Waals surface area contributed by atoms with Gasteiger partial charge < -0.3 is 15.5 Å². The molecule has 1 aromatic heterocycles. The van der Waals surface area contributed by atoms with E-state index in [9.17, 15) is 27.2 Å². The Labute approximate surface area is 174 Å². The number of carbonyl (C=O) groups is 2. The van der Waals surface area contributed by atoms with E-state index in [-0.39, 0.29) is 41.6 Å². The first-order valence-electron chi connectivity index (χ1n) is 9.20. The number of benzene rings is 1. The number of hydrogen-bond acceptors (Lipinski definition) is 4. The molecular weight excluding hydrogens is 420 g/mol. The van der Waals surface area contributed by atoms with Crippen LogP contribution in [0.15, 0.2) is 24.4 Å². The molecule has 1 aliphatic heterocycles. The molecule has 2 heterocycles. The molecule has 2 N–H and O–H groups in total. The zero-order chi connectivity index (χ0) is 22.9. The van der Waals surface area contributed by atoms with Gasteiger partial charge in [0.05, 0.1) is 42.1 Å². The van der Waals surface area contributed by atoms with E-state index in [1.165, 1.54) is 27.9 Å². The van der Waals surface area contributed by atoms with E-state index in [0.29, 0.717) is 0 Å². The van der Waals surface area contributed by atoms with Crippen LogP contribution in [0.5, 0.6) is 0 Å². The van der Waals surface area contributed by atoms with Crippen molar-refractivity contribution < 1.29 is 27.2 Å². The molecule has 1 aromatic carbocycles. The number of fused-ring (bicyclic) bond motifs is 1. The third-order valence-electron chi connectivity index (χ3n) is 4.92. The first kappa shape index (κ1) is 22.1. The van der Waals surface area contributed by atoms with Crippen LogP contribution in [-0.4, -0.2) is 44.9 Å². The third-order valence-corrected chi connectivity index (χ3v) is 4.92. The van der Waals surface area contributed by atoms with E-state index in [1.54, 1.807) is 13.0 Å². The average Bonchev–Trinajstić information content (AvgIpc) is 3.10. The smallest absolute Gasteiger partial charge is 0.340 e. The minimum atomic E-state index is -4.60. The fourth-order valence-corrected chi connectivity index (χ4v) is 3.10. The Morgan fingerprint density at radius 1 is 1.35 bits per heavy atom. The normalized spacial score (nSPS) is 16.8. The van der Waals surface area contributed by atoms with Crippen molar-refractivity contribution >= 4 is 17.6 Å². The highest BCUT2D eigenvalue weighted by Crippen LogP contribution is 2.24. The van der Waals surface area contributed by atoms with Crippen molar-refractivity contribution in [3.8, 4) is 6.07 Å². The van der Waals surface area contributed by atoms with Crippen molar-refractivity contribution in [3.63, 3.8) is 0 Å². The van der Waals surface area contributed by atoms with Crippen molar-refractivity contribution in [3.05, 3.63) is 47.0 Å². The summed E-state index contributed by atoms with van der Waals surface area (Å²) in [5, 5.41) is 17.4. The molecule has 2 atom stereocenters. The van der Waals surface area contributed by atoms with E-state index < -0.39 is 30.0 Å². The first-order chi connectivity index (χ1) is 14.5. The number of rotatable bonds is 3. The minimum absolute atomic E-state index is 0.0608. The topological polar surface area (TPSA) is 103 Å². The van der Waals surface area contributed by atoms with Crippen LogP contribution in [0, 0.1) is 17.1 Å². The molecule has 1 aliphatic rings. The van der Waals surface area contributed by atoms with Gasteiger partial charge in [-0.1, -0.05) is 0 Å². The van der Waals surface area contributed by atoms with Crippen LogP contribution in [0.1, 0.15) is 35.5 Å². The first-order valence-corrected chi connectivity index (χ1v) is 9.20. The van der Waals surface area contributed by atoms with Gasteiger partial charge in [0, 0.05) is 5.69 Å². The maximum atomic E-state index is 13.5. The lowest BCUT2D eigenvalue weighted by molar-refractivity contribution is -0.149. The van der Waals surface area contributed by atoms with Gasteiger partial charge in [-0.05, 0) is 32.0 Å². The fraction of sp³-hybridized carbons (Fsp3) is 0.368. The number of hydrogen-bond donors (Lipinski definition) is 2. The molecule has 8 nitrogen and oxygen atoms in total. The summed E-state index contributed by atoms with van der Waals surface area (Å²) in [5.41, 5.74) is 0.192. The molecule has 0 saturated heterocycles. The highest BCUT2D eigenvalue weighted by Gasteiger charge is 2.38. The Morgan fingerprint density at radius 3 is 2.71 bits per heavy atom. The molecule has 164 valence electrons. The van der Waals surface area contributed by atoms with E-state index in [4.69, 9.17) is 5.26 Å². The largest absolute Gasteiger partial charge is 0.408 e. The second-order valence-electron chi connectivity index (χ2n) is 7.14. The number of urea groups is 1. The zero-order valence-electron chi connectivity index (χ0n) is 16.5. The molecule has 3 rings (SSSR count). The molecule has 0 fully saturated rings. The van der Waals surface area contributed by atoms with Gasteiger partial charge in [0.25, 0.3) is 5.91 Å². The number of alkyl halides is 3. The molecule has 3 amide bonds. The third kappa shape index (κ3) is 4.60.